The van der Waals surface area contributed by atoms with Gasteiger partial charge in [-0.2, -0.15) is 10.1 Å². The lowest BCUT2D eigenvalue weighted by molar-refractivity contribution is -0.132. The molecular formula is C20H24ClFN6O2. The number of hydrogen-bond donors (Lipinski definition) is 2. The van der Waals surface area contributed by atoms with Gasteiger partial charge in [0.15, 0.2) is 0 Å². The monoisotopic (exact) mass is 434 g/mol. The summed E-state index contributed by atoms with van der Waals surface area (Å²) in [5.74, 6) is 0.0705. The number of carbonyl (C=O) groups is 1. The number of halogens is 2. The van der Waals surface area contributed by atoms with Crippen LogP contribution in [0.15, 0.2) is 41.2 Å². The van der Waals surface area contributed by atoms with Gasteiger partial charge >= 0.3 is 0 Å². The summed E-state index contributed by atoms with van der Waals surface area (Å²) in [7, 11) is 0. The van der Waals surface area contributed by atoms with Crippen molar-refractivity contribution >= 4 is 18.3 Å². The van der Waals surface area contributed by atoms with E-state index in [1.54, 1.807) is 36.9 Å². The number of nitrogens with zero attached hydrogens (tertiary/aromatic N) is 4. The van der Waals surface area contributed by atoms with Crippen molar-refractivity contribution in [3.63, 3.8) is 0 Å². The van der Waals surface area contributed by atoms with E-state index in [1.807, 2.05) is 12.3 Å². The van der Waals surface area contributed by atoms with E-state index in [-0.39, 0.29) is 35.8 Å². The van der Waals surface area contributed by atoms with Crippen LogP contribution in [0.3, 0.4) is 0 Å². The fraction of sp³-hybridized carbons (Fsp3) is 0.400. The second-order valence-electron chi connectivity index (χ2n) is 7.35. The molecule has 0 saturated carbocycles. The standard InChI is InChI=1S/C20H23FN6O2.ClH/c1-13-4-5-15(12-16(13)21)17-25-18(29-26-17)14(2)24-19(28)20(6-9-22-10-7-20)27-11-3-8-23-27;/h3-5,8,11-12,14,22H,6-7,9-10H2,1-2H3,(H,24,28);1H. The smallest absolute Gasteiger partial charge is 0.249 e. The van der Waals surface area contributed by atoms with Crippen LogP contribution >= 0.6 is 12.4 Å². The van der Waals surface area contributed by atoms with Crippen molar-refractivity contribution in [1.82, 2.24) is 30.6 Å². The number of carbonyl (C=O) groups excluding carboxylic acids is 1. The Bertz CT molecular complexity index is 1000. The van der Waals surface area contributed by atoms with Gasteiger partial charge in [-0.1, -0.05) is 17.3 Å². The third-order valence-corrected chi connectivity index (χ3v) is 5.39. The van der Waals surface area contributed by atoms with Crippen molar-refractivity contribution in [1.29, 1.82) is 0 Å². The predicted octanol–water partition coefficient (Wildman–Crippen LogP) is 2.76. The van der Waals surface area contributed by atoms with Crippen LogP contribution in [0.2, 0.25) is 0 Å². The highest BCUT2D eigenvalue weighted by atomic mass is 35.5. The second-order valence-corrected chi connectivity index (χ2v) is 7.35. The summed E-state index contributed by atoms with van der Waals surface area (Å²) in [6.45, 7) is 4.92. The Kier molecular flexibility index (Phi) is 6.52. The number of benzene rings is 1. The zero-order valence-electron chi connectivity index (χ0n) is 16.8. The summed E-state index contributed by atoms with van der Waals surface area (Å²) in [4.78, 5) is 17.6. The van der Waals surface area contributed by atoms with E-state index in [0.717, 1.165) is 13.1 Å². The minimum absolute atomic E-state index is 0. The van der Waals surface area contributed by atoms with Crippen molar-refractivity contribution < 1.29 is 13.7 Å². The molecule has 0 spiro atoms. The molecule has 0 bridgehead atoms. The maximum absolute atomic E-state index is 13.8. The first-order chi connectivity index (χ1) is 14.0. The molecule has 1 atom stereocenters. The lowest BCUT2D eigenvalue weighted by Gasteiger charge is -2.36. The Hall–Kier alpha value is -2.78. The number of aryl methyl sites for hydroxylation is 1. The molecule has 1 amide bonds. The summed E-state index contributed by atoms with van der Waals surface area (Å²) in [6, 6.07) is 6.08. The van der Waals surface area contributed by atoms with Crippen LogP contribution in [-0.4, -0.2) is 38.9 Å². The molecule has 4 rings (SSSR count). The number of rotatable bonds is 5. The van der Waals surface area contributed by atoms with Crippen LogP contribution in [0.4, 0.5) is 4.39 Å². The van der Waals surface area contributed by atoms with Gasteiger partial charge in [0.1, 0.15) is 17.4 Å². The minimum atomic E-state index is -0.758. The predicted molar refractivity (Wildman–Crippen MR) is 111 cm³/mol. The van der Waals surface area contributed by atoms with Gasteiger partial charge in [0, 0.05) is 18.0 Å². The lowest BCUT2D eigenvalue weighted by Crippen LogP contribution is -2.55. The molecule has 10 heteroatoms. The lowest BCUT2D eigenvalue weighted by atomic mass is 9.87. The number of amides is 1. The van der Waals surface area contributed by atoms with Crippen LogP contribution in [0.25, 0.3) is 11.4 Å². The highest BCUT2D eigenvalue weighted by molar-refractivity contribution is 5.85. The molecule has 1 fully saturated rings. The molecule has 8 nitrogen and oxygen atoms in total. The Labute approximate surface area is 179 Å². The van der Waals surface area contributed by atoms with E-state index in [1.165, 1.54) is 6.07 Å². The van der Waals surface area contributed by atoms with Crippen molar-refractivity contribution in [2.24, 2.45) is 0 Å². The van der Waals surface area contributed by atoms with Crippen molar-refractivity contribution in [3.8, 4) is 11.4 Å². The van der Waals surface area contributed by atoms with Crippen molar-refractivity contribution in [2.75, 3.05) is 13.1 Å². The molecule has 160 valence electrons. The topological polar surface area (TPSA) is 97.9 Å². The molecule has 2 N–H and O–H groups in total. The number of hydrogen-bond acceptors (Lipinski definition) is 6. The Morgan fingerprint density at radius 1 is 1.37 bits per heavy atom. The van der Waals surface area contributed by atoms with Crippen molar-refractivity contribution in [2.45, 2.75) is 38.3 Å². The maximum Gasteiger partial charge on any atom is 0.249 e. The summed E-state index contributed by atoms with van der Waals surface area (Å²) in [5.41, 5.74) is 0.309. The highest BCUT2D eigenvalue weighted by Gasteiger charge is 2.42. The molecular weight excluding hydrogens is 411 g/mol. The molecule has 3 aromatic rings. The van der Waals surface area contributed by atoms with E-state index in [2.05, 4.69) is 25.9 Å². The fourth-order valence-corrected chi connectivity index (χ4v) is 3.58. The first-order valence-electron chi connectivity index (χ1n) is 9.61. The van der Waals surface area contributed by atoms with Crippen LogP contribution in [0, 0.1) is 12.7 Å². The van der Waals surface area contributed by atoms with Gasteiger partial charge < -0.3 is 15.2 Å². The van der Waals surface area contributed by atoms with E-state index in [4.69, 9.17) is 4.52 Å². The molecule has 1 aliphatic rings. The largest absolute Gasteiger partial charge is 0.342 e. The van der Waals surface area contributed by atoms with E-state index < -0.39 is 11.6 Å². The quantitative estimate of drug-likeness (QED) is 0.640. The Balaban J connectivity index is 0.00000256. The Morgan fingerprint density at radius 3 is 2.80 bits per heavy atom. The summed E-state index contributed by atoms with van der Waals surface area (Å²) in [6.07, 6.45) is 4.74. The van der Waals surface area contributed by atoms with Crippen molar-refractivity contribution in [3.05, 3.63) is 53.9 Å². The SMILES string of the molecule is Cc1ccc(-c2noc(C(C)NC(=O)C3(n4cccn4)CCNCC3)n2)cc1F.Cl. The Morgan fingerprint density at radius 2 is 2.13 bits per heavy atom. The summed E-state index contributed by atoms with van der Waals surface area (Å²) in [5, 5.41) is 14.5. The van der Waals surface area contributed by atoms with Crippen LogP contribution in [0.1, 0.15) is 37.3 Å². The normalized spacial score (nSPS) is 16.5. The van der Waals surface area contributed by atoms with E-state index >= 15 is 0 Å². The zero-order chi connectivity index (χ0) is 20.4. The molecule has 1 aromatic carbocycles. The summed E-state index contributed by atoms with van der Waals surface area (Å²) >= 11 is 0. The molecule has 1 saturated heterocycles. The average molecular weight is 435 g/mol. The van der Waals surface area contributed by atoms with Gasteiger partial charge in [-0.05, 0) is 57.5 Å². The third kappa shape index (κ3) is 4.08. The van der Waals surface area contributed by atoms with Gasteiger partial charge in [-0.25, -0.2) is 4.39 Å². The molecule has 3 heterocycles. The first kappa shape index (κ1) is 21.9. The molecule has 0 radical (unpaired) electrons. The first-order valence-corrected chi connectivity index (χ1v) is 9.61. The van der Waals surface area contributed by atoms with Gasteiger partial charge in [0.25, 0.3) is 0 Å². The highest BCUT2D eigenvalue weighted by Crippen LogP contribution is 2.28. The van der Waals surface area contributed by atoms with Gasteiger partial charge in [-0.15, -0.1) is 12.4 Å². The molecule has 0 aliphatic carbocycles. The average Bonchev–Trinajstić information content (AvgIpc) is 3.43. The minimum Gasteiger partial charge on any atom is -0.342 e. The van der Waals surface area contributed by atoms with Crippen LogP contribution in [0.5, 0.6) is 0 Å². The number of piperidine rings is 1. The summed E-state index contributed by atoms with van der Waals surface area (Å²) < 4.78 is 20.9. The van der Waals surface area contributed by atoms with Gasteiger partial charge in [0.2, 0.25) is 17.6 Å². The molecule has 2 aromatic heterocycles. The fourth-order valence-electron chi connectivity index (χ4n) is 3.58. The van der Waals surface area contributed by atoms with Gasteiger partial charge in [0.05, 0.1) is 0 Å². The number of aromatic nitrogens is 4. The van der Waals surface area contributed by atoms with Crippen LogP contribution in [-0.2, 0) is 10.3 Å². The number of nitrogens with one attached hydrogen (secondary N) is 2. The molecule has 1 unspecified atom stereocenters. The molecule has 1 aliphatic heterocycles. The zero-order valence-corrected chi connectivity index (χ0v) is 17.6. The van der Waals surface area contributed by atoms with Gasteiger partial charge in [-0.3, -0.25) is 9.48 Å². The maximum atomic E-state index is 13.8. The third-order valence-electron chi connectivity index (χ3n) is 5.39. The van der Waals surface area contributed by atoms with E-state index in [9.17, 15) is 9.18 Å². The second kappa shape index (κ2) is 8.93. The van der Waals surface area contributed by atoms with E-state index in [0.29, 0.717) is 24.0 Å². The van der Waals surface area contributed by atoms with Crippen LogP contribution < -0.4 is 10.6 Å². The molecule has 30 heavy (non-hydrogen) atoms.